The molecule has 0 unspecified atom stereocenters. The van der Waals surface area contributed by atoms with Gasteiger partial charge in [0.25, 0.3) is 5.56 Å². The molecular weight excluding hydrogens is 280 g/mol. The quantitative estimate of drug-likeness (QED) is 0.566. The van der Waals surface area contributed by atoms with E-state index in [1.54, 1.807) is 19.2 Å². The van der Waals surface area contributed by atoms with E-state index in [0.717, 1.165) is 5.56 Å². The van der Waals surface area contributed by atoms with Crippen LogP contribution in [0.15, 0.2) is 53.3 Å². The Bertz CT molecular complexity index is 873. The summed E-state index contributed by atoms with van der Waals surface area (Å²) in [6.07, 6.45) is 0. The molecule has 6 nitrogen and oxygen atoms in total. The lowest BCUT2D eigenvalue weighted by Gasteiger charge is -2.14. The van der Waals surface area contributed by atoms with E-state index in [1.807, 2.05) is 36.4 Å². The highest BCUT2D eigenvalue weighted by molar-refractivity contribution is 5.78. The van der Waals surface area contributed by atoms with E-state index in [1.165, 1.54) is 4.57 Å². The maximum Gasteiger partial charge on any atom is 0.263 e. The molecule has 0 amide bonds. The second-order valence-corrected chi connectivity index (χ2v) is 4.80. The molecule has 0 aliphatic heterocycles. The lowest BCUT2D eigenvalue weighted by Crippen LogP contribution is -2.27. The van der Waals surface area contributed by atoms with Gasteiger partial charge in [0, 0.05) is 5.56 Å². The zero-order valence-electron chi connectivity index (χ0n) is 12.1. The minimum atomic E-state index is -0.149. The van der Waals surface area contributed by atoms with E-state index in [2.05, 4.69) is 10.4 Å². The summed E-state index contributed by atoms with van der Waals surface area (Å²) in [4.78, 5) is 17.1. The first kappa shape index (κ1) is 14.1. The Morgan fingerprint density at radius 3 is 2.68 bits per heavy atom. The van der Waals surface area contributed by atoms with Crippen molar-refractivity contribution in [3.63, 3.8) is 0 Å². The van der Waals surface area contributed by atoms with E-state index in [-0.39, 0.29) is 5.56 Å². The summed E-state index contributed by atoms with van der Waals surface area (Å²) < 4.78 is 6.83. The third-order valence-electron chi connectivity index (χ3n) is 3.51. The Hall–Kier alpha value is -2.86. The fourth-order valence-electron chi connectivity index (χ4n) is 2.43. The number of hydrazine groups is 1. The molecule has 1 heterocycles. The highest BCUT2D eigenvalue weighted by Crippen LogP contribution is 2.19. The molecular formula is C16H16N4O2. The summed E-state index contributed by atoms with van der Waals surface area (Å²) >= 11 is 0. The number of para-hydroxylation sites is 2. The van der Waals surface area contributed by atoms with E-state index in [4.69, 9.17) is 10.6 Å². The Kier molecular flexibility index (Phi) is 3.76. The van der Waals surface area contributed by atoms with Crippen LogP contribution < -0.4 is 21.6 Å². The van der Waals surface area contributed by atoms with Crippen LogP contribution in [0.4, 0.5) is 5.95 Å². The minimum Gasteiger partial charge on any atom is -0.496 e. The van der Waals surface area contributed by atoms with Crippen LogP contribution in [-0.2, 0) is 6.54 Å². The number of rotatable bonds is 4. The third-order valence-corrected chi connectivity index (χ3v) is 3.51. The molecule has 3 rings (SSSR count). The smallest absolute Gasteiger partial charge is 0.263 e. The normalized spacial score (nSPS) is 10.6. The van der Waals surface area contributed by atoms with Gasteiger partial charge in [-0.05, 0) is 18.2 Å². The van der Waals surface area contributed by atoms with Gasteiger partial charge in [-0.15, -0.1) is 0 Å². The zero-order valence-corrected chi connectivity index (χ0v) is 12.1. The van der Waals surface area contributed by atoms with Gasteiger partial charge in [-0.25, -0.2) is 10.8 Å². The Balaban J connectivity index is 2.17. The van der Waals surface area contributed by atoms with Crippen molar-refractivity contribution in [2.24, 2.45) is 5.84 Å². The largest absolute Gasteiger partial charge is 0.496 e. The number of nitrogens with zero attached hydrogens (tertiary/aromatic N) is 2. The summed E-state index contributed by atoms with van der Waals surface area (Å²) in [5.74, 6) is 6.56. The fraction of sp³-hybridized carbons (Fsp3) is 0.125. The second kappa shape index (κ2) is 5.87. The molecule has 22 heavy (non-hydrogen) atoms. The highest BCUT2D eigenvalue weighted by Gasteiger charge is 2.12. The van der Waals surface area contributed by atoms with Crippen LogP contribution in [0.2, 0.25) is 0 Å². The van der Waals surface area contributed by atoms with Crippen LogP contribution in [0.5, 0.6) is 5.75 Å². The first-order chi connectivity index (χ1) is 10.7. The number of benzene rings is 2. The average Bonchev–Trinajstić information content (AvgIpc) is 2.57. The number of nitrogen functional groups attached to an aromatic ring is 1. The van der Waals surface area contributed by atoms with Gasteiger partial charge in [0.2, 0.25) is 5.95 Å². The van der Waals surface area contributed by atoms with Gasteiger partial charge < -0.3 is 4.74 Å². The maximum absolute atomic E-state index is 12.7. The standard InChI is InChI=1S/C16H16N4O2/c1-22-14-9-5-2-6-11(14)10-20-15(21)12-7-3-4-8-13(12)18-16(20)19-17/h2-9H,10,17H2,1H3,(H,18,19). The van der Waals surface area contributed by atoms with Crippen molar-refractivity contribution in [2.45, 2.75) is 6.54 Å². The van der Waals surface area contributed by atoms with Gasteiger partial charge in [-0.3, -0.25) is 14.8 Å². The third kappa shape index (κ3) is 2.40. The average molecular weight is 296 g/mol. The first-order valence-corrected chi connectivity index (χ1v) is 6.82. The molecule has 0 saturated carbocycles. The number of hydrogen-bond donors (Lipinski definition) is 2. The van der Waals surface area contributed by atoms with Crippen molar-refractivity contribution in [3.05, 3.63) is 64.4 Å². The molecule has 0 aliphatic rings. The van der Waals surface area contributed by atoms with Crippen molar-refractivity contribution in [1.82, 2.24) is 9.55 Å². The van der Waals surface area contributed by atoms with Crippen LogP contribution in [0.3, 0.4) is 0 Å². The molecule has 1 aromatic heterocycles. The zero-order chi connectivity index (χ0) is 15.5. The molecule has 6 heteroatoms. The predicted octanol–water partition coefficient (Wildman–Crippen LogP) is 1.74. The summed E-state index contributed by atoms with van der Waals surface area (Å²) in [6.45, 7) is 0.320. The molecule has 0 fully saturated rings. The van der Waals surface area contributed by atoms with Gasteiger partial charge in [-0.1, -0.05) is 30.3 Å². The summed E-state index contributed by atoms with van der Waals surface area (Å²) in [7, 11) is 1.60. The van der Waals surface area contributed by atoms with Gasteiger partial charge in [0.05, 0.1) is 24.6 Å². The molecule has 0 atom stereocenters. The van der Waals surface area contributed by atoms with Crippen molar-refractivity contribution >= 4 is 16.9 Å². The second-order valence-electron chi connectivity index (χ2n) is 4.80. The first-order valence-electron chi connectivity index (χ1n) is 6.82. The maximum atomic E-state index is 12.7. The molecule has 0 spiro atoms. The Morgan fingerprint density at radius 1 is 1.18 bits per heavy atom. The molecule has 3 N–H and O–H groups in total. The number of ether oxygens (including phenoxy) is 1. The molecule has 2 aromatic carbocycles. The van der Waals surface area contributed by atoms with Crippen molar-refractivity contribution in [2.75, 3.05) is 12.5 Å². The van der Waals surface area contributed by atoms with E-state index in [9.17, 15) is 4.79 Å². The predicted molar refractivity (Wildman–Crippen MR) is 85.9 cm³/mol. The number of nitrogens with two attached hydrogens (primary N) is 1. The molecule has 0 bridgehead atoms. The Labute approximate surface area is 127 Å². The van der Waals surface area contributed by atoms with Crippen LogP contribution in [-0.4, -0.2) is 16.7 Å². The van der Waals surface area contributed by atoms with Gasteiger partial charge in [0.1, 0.15) is 5.75 Å². The van der Waals surface area contributed by atoms with Gasteiger partial charge in [0.15, 0.2) is 0 Å². The SMILES string of the molecule is COc1ccccc1Cn1c(NN)nc2ccccc2c1=O. The van der Waals surface area contributed by atoms with E-state index in [0.29, 0.717) is 29.1 Å². The lowest BCUT2D eigenvalue weighted by atomic mass is 10.2. The number of methoxy groups -OCH3 is 1. The number of anilines is 1. The number of aromatic nitrogens is 2. The summed E-state index contributed by atoms with van der Waals surface area (Å²) in [5, 5.41) is 0.552. The fourth-order valence-corrected chi connectivity index (χ4v) is 2.43. The number of nitrogens with one attached hydrogen (secondary N) is 1. The lowest BCUT2D eigenvalue weighted by molar-refractivity contribution is 0.408. The minimum absolute atomic E-state index is 0.149. The van der Waals surface area contributed by atoms with Crippen molar-refractivity contribution < 1.29 is 4.74 Å². The summed E-state index contributed by atoms with van der Waals surface area (Å²) in [5.41, 5.74) is 3.83. The molecule has 0 radical (unpaired) electrons. The van der Waals surface area contributed by atoms with Crippen LogP contribution in [0.1, 0.15) is 5.56 Å². The van der Waals surface area contributed by atoms with Gasteiger partial charge >= 0.3 is 0 Å². The number of fused-ring (bicyclic) bond motifs is 1. The van der Waals surface area contributed by atoms with Crippen LogP contribution >= 0.6 is 0 Å². The van der Waals surface area contributed by atoms with Crippen LogP contribution in [0.25, 0.3) is 10.9 Å². The topological polar surface area (TPSA) is 82.2 Å². The molecule has 0 aliphatic carbocycles. The van der Waals surface area contributed by atoms with Gasteiger partial charge in [-0.2, -0.15) is 0 Å². The van der Waals surface area contributed by atoms with Crippen molar-refractivity contribution in [3.8, 4) is 5.75 Å². The highest BCUT2D eigenvalue weighted by atomic mass is 16.5. The van der Waals surface area contributed by atoms with Crippen molar-refractivity contribution in [1.29, 1.82) is 0 Å². The number of hydrogen-bond acceptors (Lipinski definition) is 5. The van der Waals surface area contributed by atoms with E-state index < -0.39 is 0 Å². The molecule has 112 valence electrons. The molecule has 3 aromatic rings. The monoisotopic (exact) mass is 296 g/mol. The Morgan fingerprint density at radius 2 is 1.91 bits per heavy atom. The molecule has 0 saturated heterocycles. The van der Waals surface area contributed by atoms with E-state index >= 15 is 0 Å². The van der Waals surface area contributed by atoms with Crippen LogP contribution in [0, 0.1) is 0 Å². The summed E-state index contributed by atoms with van der Waals surface area (Å²) in [6, 6.07) is 14.7.